The number of pyridine rings is 1. The van der Waals surface area contributed by atoms with Crippen LogP contribution in [-0.4, -0.2) is 42.0 Å². The van der Waals surface area contributed by atoms with Gasteiger partial charge in [0.15, 0.2) is 0 Å². The molecule has 0 saturated heterocycles. The topological polar surface area (TPSA) is 115 Å². The van der Waals surface area contributed by atoms with Crippen molar-refractivity contribution >= 4 is 50.8 Å². The zero-order valence-electron chi connectivity index (χ0n) is 18.5. The fraction of sp³-hybridized carbons (Fsp3) is 0.304. The number of nitrogens with one attached hydrogen (secondary N) is 4. The summed E-state index contributed by atoms with van der Waals surface area (Å²) >= 11 is 1.23. The van der Waals surface area contributed by atoms with Crippen molar-refractivity contribution in [2.75, 3.05) is 17.3 Å². The van der Waals surface area contributed by atoms with E-state index >= 15 is 0 Å². The van der Waals surface area contributed by atoms with Crippen molar-refractivity contribution in [1.29, 1.82) is 0 Å². The van der Waals surface area contributed by atoms with E-state index in [0.29, 0.717) is 26.9 Å². The molecule has 10 heteroatoms. The molecule has 1 aliphatic heterocycles. The summed E-state index contributed by atoms with van der Waals surface area (Å²) < 4.78 is 0. The molecule has 172 valence electrons. The number of carbonyl (C=O) groups is 3. The van der Waals surface area contributed by atoms with Gasteiger partial charge in [0.1, 0.15) is 15.5 Å². The summed E-state index contributed by atoms with van der Waals surface area (Å²) in [7, 11) is 1.74. The highest BCUT2D eigenvalue weighted by Crippen LogP contribution is 2.44. The minimum Gasteiger partial charge on any atom is -0.374 e. The number of anilines is 2. The van der Waals surface area contributed by atoms with Crippen molar-refractivity contribution in [2.24, 2.45) is 0 Å². The number of hydrogen-bond acceptors (Lipinski definition) is 6. The number of urea groups is 1. The lowest BCUT2D eigenvalue weighted by Crippen LogP contribution is -2.48. The Hall–Kier alpha value is -3.66. The number of hydrogen-bond donors (Lipinski definition) is 4. The fourth-order valence-corrected chi connectivity index (χ4v) is 5.24. The van der Waals surface area contributed by atoms with Crippen molar-refractivity contribution in [3.63, 3.8) is 0 Å². The van der Waals surface area contributed by atoms with Crippen LogP contribution in [0.5, 0.6) is 0 Å². The summed E-state index contributed by atoms with van der Waals surface area (Å²) in [5.74, 6) is 0.0362. The summed E-state index contributed by atoms with van der Waals surface area (Å²) in [5, 5.41) is 12.6. The molecule has 4 rings (SSSR count). The van der Waals surface area contributed by atoms with Crippen molar-refractivity contribution in [3.05, 3.63) is 53.8 Å². The molecule has 3 heterocycles. The van der Waals surface area contributed by atoms with E-state index < -0.39 is 0 Å². The molecule has 2 aromatic heterocycles. The highest BCUT2D eigenvalue weighted by Gasteiger charge is 2.35. The number of nitrogens with zero attached hydrogens (tertiary/aromatic N) is 2. The van der Waals surface area contributed by atoms with Gasteiger partial charge < -0.3 is 21.3 Å². The van der Waals surface area contributed by atoms with Crippen LogP contribution in [0.1, 0.15) is 35.9 Å². The standard InChI is InChI=1S/C23H26N6O3S/c1-4-6-10-16(24-3)29-15-11-12-25-22-18(15)19(28-23(29)32)20(33-22)21(31)27-14-9-7-8-13(14)26-17(30)5-2/h4-6,10-14,24H,2,7-9H2,1,3H3,(H,26,30)(H,27,31)(H,28,32)/b6-4-,16-10+/t13-,14+/m1/s1. The highest BCUT2D eigenvalue weighted by molar-refractivity contribution is 7.21. The van der Waals surface area contributed by atoms with Crippen LogP contribution in [0.3, 0.4) is 0 Å². The van der Waals surface area contributed by atoms with Crippen molar-refractivity contribution in [1.82, 2.24) is 20.9 Å². The van der Waals surface area contributed by atoms with Crippen molar-refractivity contribution in [2.45, 2.75) is 38.3 Å². The van der Waals surface area contributed by atoms with E-state index in [1.54, 1.807) is 25.4 Å². The molecule has 9 nitrogen and oxygen atoms in total. The monoisotopic (exact) mass is 466 g/mol. The molecule has 0 bridgehead atoms. The molecule has 4 amide bonds. The Bertz CT molecular complexity index is 1180. The predicted molar refractivity (Wildman–Crippen MR) is 130 cm³/mol. The first kappa shape index (κ1) is 22.5. The Balaban J connectivity index is 1.68. The van der Waals surface area contributed by atoms with Crippen molar-refractivity contribution < 1.29 is 14.4 Å². The molecule has 0 aromatic carbocycles. The lowest BCUT2D eigenvalue weighted by molar-refractivity contribution is -0.117. The highest BCUT2D eigenvalue weighted by atomic mass is 32.1. The molecule has 2 aromatic rings. The summed E-state index contributed by atoms with van der Waals surface area (Å²) in [6.07, 6.45) is 10.8. The molecule has 1 aliphatic carbocycles. The van der Waals surface area contributed by atoms with E-state index in [1.807, 2.05) is 19.1 Å². The third-order valence-corrected chi connectivity index (χ3v) is 6.84. The Morgan fingerprint density at radius 1 is 1.30 bits per heavy atom. The average molecular weight is 467 g/mol. The molecule has 1 saturated carbocycles. The van der Waals surface area contributed by atoms with E-state index in [9.17, 15) is 14.4 Å². The summed E-state index contributed by atoms with van der Waals surface area (Å²) in [5.41, 5.74) is 1.11. The number of rotatable bonds is 7. The molecular formula is C23H26N6O3S. The van der Waals surface area contributed by atoms with Crippen LogP contribution in [-0.2, 0) is 4.79 Å². The second kappa shape index (κ2) is 9.45. The van der Waals surface area contributed by atoms with Crippen LogP contribution in [0.15, 0.2) is 49.0 Å². The second-order valence-corrected chi connectivity index (χ2v) is 8.74. The average Bonchev–Trinajstić information content (AvgIpc) is 3.40. The summed E-state index contributed by atoms with van der Waals surface area (Å²) in [6.45, 7) is 5.38. The van der Waals surface area contributed by atoms with E-state index in [1.165, 1.54) is 22.3 Å². The SMILES string of the molecule is C=CC(=O)N[C@@H]1CCC[C@@H]1NC(=O)c1sc2nccc3c2c1NC(=O)N3/C(=C/C=C\C)NC. The van der Waals surface area contributed by atoms with E-state index in [-0.39, 0.29) is 29.9 Å². The molecule has 0 unspecified atom stereocenters. The van der Waals surface area contributed by atoms with Gasteiger partial charge in [-0.3, -0.25) is 9.59 Å². The van der Waals surface area contributed by atoms with Gasteiger partial charge in [-0.05, 0) is 44.4 Å². The normalized spacial score (nSPS) is 20.1. The van der Waals surface area contributed by atoms with Gasteiger partial charge in [-0.25, -0.2) is 14.7 Å². The van der Waals surface area contributed by atoms with Crippen LogP contribution in [0, 0.1) is 0 Å². The van der Waals surface area contributed by atoms with Gasteiger partial charge in [-0.1, -0.05) is 18.7 Å². The van der Waals surface area contributed by atoms with Gasteiger partial charge in [0, 0.05) is 25.3 Å². The third-order valence-electron chi connectivity index (χ3n) is 5.74. The van der Waals surface area contributed by atoms with Crippen LogP contribution >= 0.6 is 11.3 Å². The van der Waals surface area contributed by atoms with Crippen LogP contribution in [0.2, 0.25) is 0 Å². The number of aromatic nitrogens is 1. The Morgan fingerprint density at radius 2 is 2.06 bits per heavy atom. The number of carbonyl (C=O) groups excluding carboxylic acids is 3. The molecule has 33 heavy (non-hydrogen) atoms. The Kier molecular flexibility index (Phi) is 6.45. The quantitative estimate of drug-likeness (QED) is 0.369. The number of amides is 4. The van der Waals surface area contributed by atoms with Gasteiger partial charge >= 0.3 is 6.03 Å². The molecule has 0 spiro atoms. The maximum Gasteiger partial charge on any atom is 0.332 e. The summed E-state index contributed by atoms with van der Waals surface area (Å²) in [4.78, 5) is 45.1. The molecular weight excluding hydrogens is 440 g/mol. The van der Waals surface area contributed by atoms with Crippen LogP contribution in [0.4, 0.5) is 16.2 Å². The molecule has 4 N–H and O–H groups in total. The predicted octanol–water partition coefficient (Wildman–Crippen LogP) is 3.24. The van der Waals surface area contributed by atoms with E-state index in [4.69, 9.17) is 0 Å². The van der Waals surface area contributed by atoms with Crippen LogP contribution < -0.4 is 26.2 Å². The smallest absolute Gasteiger partial charge is 0.332 e. The van der Waals surface area contributed by atoms with Crippen molar-refractivity contribution in [3.8, 4) is 0 Å². The maximum atomic E-state index is 13.2. The Labute approximate surface area is 195 Å². The zero-order chi connectivity index (χ0) is 23.5. The third kappa shape index (κ3) is 4.21. The van der Waals surface area contributed by atoms with Gasteiger partial charge in [-0.2, -0.15) is 0 Å². The minimum atomic E-state index is -0.371. The zero-order valence-corrected chi connectivity index (χ0v) is 19.3. The molecule has 2 atom stereocenters. The second-order valence-electron chi connectivity index (χ2n) is 7.74. The first-order valence-corrected chi connectivity index (χ1v) is 11.6. The van der Waals surface area contributed by atoms with Gasteiger partial charge in [-0.15, -0.1) is 11.3 Å². The van der Waals surface area contributed by atoms with E-state index in [0.717, 1.165) is 24.6 Å². The van der Waals surface area contributed by atoms with Gasteiger partial charge in [0.25, 0.3) is 5.91 Å². The lowest BCUT2D eigenvalue weighted by atomic mass is 10.1. The molecule has 1 fully saturated rings. The number of allylic oxidation sites excluding steroid dienone is 3. The minimum absolute atomic E-state index is 0.154. The molecule has 0 radical (unpaired) electrons. The van der Waals surface area contributed by atoms with E-state index in [2.05, 4.69) is 32.8 Å². The lowest BCUT2D eigenvalue weighted by Gasteiger charge is -2.30. The first-order chi connectivity index (χ1) is 16.0. The van der Waals surface area contributed by atoms with Gasteiger partial charge in [0.2, 0.25) is 5.91 Å². The van der Waals surface area contributed by atoms with Crippen LogP contribution in [0.25, 0.3) is 10.2 Å². The largest absolute Gasteiger partial charge is 0.374 e. The fourth-order valence-electron chi connectivity index (χ4n) is 4.22. The van der Waals surface area contributed by atoms with Gasteiger partial charge in [0.05, 0.1) is 16.8 Å². The Morgan fingerprint density at radius 3 is 2.76 bits per heavy atom. The first-order valence-electron chi connectivity index (χ1n) is 10.8. The summed E-state index contributed by atoms with van der Waals surface area (Å²) in [6, 6.07) is 1.04. The molecule has 2 aliphatic rings. The number of thiophene rings is 1. The maximum absolute atomic E-state index is 13.2.